The molecule has 0 atom stereocenters. The number of aliphatic hydroxyl groups excluding tert-OH is 1. The van der Waals surface area contributed by atoms with Crippen molar-refractivity contribution in [3.63, 3.8) is 0 Å². The molecule has 0 radical (unpaired) electrons. The van der Waals surface area contributed by atoms with Crippen molar-refractivity contribution in [3.05, 3.63) is 63.4 Å². The van der Waals surface area contributed by atoms with E-state index in [0.29, 0.717) is 35.3 Å². The lowest BCUT2D eigenvalue weighted by Crippen LogP contribution is -2.52. The highest BCUT2D eigenvalue weighted by molar-refractivity contribution is 9.10. The first-order chi connectivity index (χ1) is 15.4. The number of methoxy groups -OCH3 is 2. The molecule has 0 aliphatic carbocycles. The molecule has 32 heavy (non-hydrogen) atoms. The maximum atomic E-state index is 7.00. The third-order valence-corrected chi connectivity index (χ3v) is 5.52. The van der Waals surface area contributed by atoms with Gasteiger partial charge < -0.3 is 20.3 Å². The van der Waals surface area contributed by atoms with Crippen LogP contribution in [-0.2, 0) is 6.42 Å². The fraction of sp³-hybridized carbons (Fsp3) is 0.304. The maximum absolute atomic E-state index is 7.00. The number of hydrogen-bond donors (Lipinski definition) is 3. The molecule has 4 rings (SSSR count). The Morgan fingerprint density at radius 3 is 2.38 bits per heavy atom. The van der Waals surface area contributed by atoms with Crippen LogP contribution in [0.25, 0.3) is 0 Å². The summed E-state index contributed by atoms with van der Waals surface area (Å²) in [6, 6.07) is 11.9. The van der Waals surface area contributed by atoms with Gasteiger partial charge in [0.05, 0.1) is 19.9 Å². The highest BCUT2D eigenvalue weighted by atomic mass is 79.9. The number of nitrogens with zero attached hydrogens (tertiary/aromatic N) is 3. The van der Waals surface area contributed by atoms with Gasteiger partial charge in [0.25, 0.3) is 0 Å². The topological polar surface area (TPSA) is 105 Å². The Morgan fingerprint density at radius 2 is 1.78 bits per heavy atom. The molecule has 0 saturated carbocycles. The average Bonchev–Trinajstić information content (AvgIpc) is 2.79. The first kappa shape index (κ1) is 23.6. The molecule has 0 amide bonds. The first-order valence-electron chi connectivity index (χ1n) is 10.1. The van der Waals surface area contributed by atoms with Crippen LogP contribution in [0.15, 0.2) is 62.2 Å². The van der Waals surface area contributed by atoms with Gasteiger partial charge in [-0.15, -0.1) is 0 Å². The van der Waals surface area contributed by atoms with Crippen molar-refractivity contribution in [1.82, 2.24) is 10.4 Å². The zero-order chi connectivity index (χ0) is 23.4. The largest absolute Gasteiger partial charge is 0.493 e. The van der Waals surface area contributed by atoms with Gasteiger partial charge in [0, 0.05) is 46.9 Å². The number of hydrogen-bond acceptors (Lipinski definition) is 8. The molecule has 0 aromatic heterocycles. The molecular weight excluding hydrogens is 474 g/mol. The standard InChI is InChI=1S/C22H24BrN5O2.CH4O/c1-12(2)28-19-17(24)10-14-9-16(11-18(29-3)20(14)30-4)25-22(19)26-21(27-28)13-5-7-15(23)8-6-13;1-2/h5-9,11-12H,10,24H2,1-4H3,(H,25,26,27);2H,1H3/b19-17-;. The summed E-state index contributed by atoms with van der Waals surface area (Å²) in [6.07, 6.45) is 0.496. The van der Waals surface area contributed by atoms with Gasteiger partial charge in [-0.3, -0.25) is 10.4 Å². The normalized spacial score (nSPS) is 17.1. The Morgan fingerprint density at radius 1 is 1.09 bits per heavy atom. The number of aliphatic hydroxyl groups is 1. The number of fused-ring (bicyclic) bond motifs is 3. The molecule has 2 aromatic carbocycles. The monoisotopic (exact) mass is 501 g/mol. The Hall–Kier alpha value is -3.04. The smallest absolute Gasteiger partial charge is 0.182 e. The van der Waals surface area contributed by atoms with Crippen molar-refractivity contribution in [3.8, 4) is 11.5 Å². The molecule has 9 heteroatoms. The van der Waals surface area contributed by atoms with E-state index in [1.165, 1.54) is 0 Å². The second kappa shape index (κ2) is 10.1. The highest BCUT2D eigenvalue weighted by Gasteiger charge is 2.30. The van der Waals surface area contributed by atoms with Crippen LogP contribution in [0.1, 0.15) is 25.0 Å². The molecular formula is C23H28BrN5O3. The van der Waals surface area contributed by atoms with Gasteiger partial charge >= 0.3 is 0 Å². The molecule has 8 nitrogen and oxygen atoms in total. The quantitative estimate of drug-likeness (QED) is 0.591. The summed E-state index contributed by atoms with van der Waals surface area (Å²) in [5, 5.41) is 9.02. The third-order valence-electron chi connectivity index (χ3n) is 4.99. The summed E-state index contributed by atoms with van der Waals surface area (Å²) >= 11 is 3.48. The zero-order valence-electron chi connectivity index (χ0n) is 18.8. The zero-order valence-corrected chi connectivity index (χ0v) is 20.4. The Balaban J connectivity index is 0.00000141. The van der Waals surface area contributed by atoms with Crippen LogP contribution in [0.2, 0.25) is 0 Å². The van der Waals surface area contributed by atoms with Gasteiger partial charge in [-0.1, -0.05) is 28.1 Å². The molecule has 0 saturated heterocycles. The number of nitrogens with two attached hydrogens (primary N) is 1. The van der Waals surface area contributed by atoms with Crippen LogP contribution in [0, 0.1) is 0 Å². The lowest BCUT2D eigenvalue weighted by atomic mass is 10.0. The van der Waals surface area contributed by atoms with Crippen molar-refractivity contribution in [1.29, 1.82) is 0 Å². The van der Waals surface area contributed by atoms with Gasteiger partial charge in [-0.2, -0.15) is 0 Å². The van der Waals surface area contributed by atoms with E-state index in [0.717, 1.165) is 34.1 Å². The SMILES string of the molecule is CO.COc1cc2cc(c1OC)C/C(N)=C1\C(=N2)N=C(c2ccc(Br)cc2)NN1C(C)C. The van der Waals surface area contributed by atoms with Gasteiger partial charge in [0.15, 0.2) is 23.2 Å². The molecule has 2 bridgehead atoms. The van der Waals surface area contributed by atoms with Crippen LogP contribution < -0.4 is 20.6 Å². The number of rotatable bonds is 4. The molecule has 2 aliphatic heterocycles. The van der Waals surface area contributed by atoms with Gasteiger partial charge in [0.1, 0.15) is 5.70 Å². The Bertz CT molecular complexity index is 1080. The molecule has 2 heterocycles. The Labute approximate surface area is 196 Å². The lowest BCUT2D eigenvalue weighted by Gasteiger charge is -2.37. The number of nitrogens with one attached hydrogen (secondary N) is 1. The van der Waals surface area contributed by atoms with E-state index in [4.69, 9.17) is 30.3 Å². The van der Waals surface area contributed by atoms with E-state index >= 15 is 0 Å². The second-order valence-electron chi connectivity index (χ2n) is 7.37. The number of allylic oxidation sites excluding steroid dienone is 1. The lowest BCUT2D eigenvalue weighted by molar-refractivity contribution is 0.251. The van der Waals surface area contributed by atoms with Crippen LogP contribution in [0.3, 0.4) is 0 Å². The van der Waals surface area contributed by atoms with E-state index in [1.54, 1.807) is 14.2 Å². The first-order valence-corrected chi connectivity index (χ1v) is 10.9. The molecule has 4 N–H and O–H groups in total. The van der Waals surface area contributed by atoms with E-state index in [9.17, 15) is 0 Å². The van der Waals surface area contributed by atoms with Crippen molar-refractivity contribution >= 4 is 33.3 Å². The fourth-order valence-corrected chi connectivity index (χ4v) is 3.86. The predicted octanol–water partition coefficient (Wildman–Crippen LogP) is 3.51. The number of ether oxygens (including phenoxy) is 2. The van der Waals surface area contributed by atoms with Crippen LogP contribution in [0.5, 0.6) is 11.5 Å². The van der Waals surface area contributed by atoms with Gasteiger partial charge in [-0.25, -0.2) is 9.98 Å². The van der Waals surface area contributed by atoms with Crippen molar-refractivity contribution in [2.75, 3.05) is 21.3 Å². The number of hydrazine groups is 1. The van der Waals surface area contributed by atoms with E-state index in [-0.39, 0.29) is 6.04 Å². The predicted molar refractivity (Wildman–Crippen MR) is 130 cm³/mol. The molecule has 170 valence electrons. The van der Waals surface area contributed by atoms with Crippen molar-refractivity contribution in [2.24, 2.45) is 15.7 Å². The summed E-state index contributed by atoms with van der Waals surface area (Å²) in [4.78, 5) is 9.66. The van der Waals surface area contributed by atoms with Gasteiger partial charge in [-0.05, 0) is 32.0 Å². The van der Waals surface area contributed by atoms with Crippen molar-refractivity contribution < 1.29 is 14.6 Å². The molecule has 0 unspecified atom stereocenters. The second-order valence-corrected chi connectivity index (χ2v) is 8.28. The molecule has 2 aliphatic rings. The minimum absolute atomic E-state index is 0.124. The molecule has 0 spiro atoms. The maximum Gasteiger partial charge on any atom is 0.182 e. The van der Waals surface area contributed by atoms with Crippen LogP contribution in [-0.4, -0.2) is 49.2 Å². The summed E-state index contributed by atoms with van der Waals surface area (Å²) in [5.74, 6) is 2.57. The van der Waals surface area contributed by atoms with E-state index < -0.39 is 0 Å². The third kappa shape index (κ3) is 4.58. The minimum Gasteiger partial charge on any atom is -0.493 e. The fourth-order valence-electron chi connectivity index (χ4n) is 3.60. The summed E-state index contributed by atoms with van der Waals surface area (Å²) < 4.78 is 12.1. The molecule has 2 aromatic rings. The van der Waals surface area contributed by atoms with E-state index in [1.807, 2.05) is 41.4 Å². The summed E-state index contributed by atoms with van der Waals surface area (Å²) in [5.41, 5.74) is 14.1. The number of amidine groups is 2. The minimum atomic E-state index is 0.124. The Kier molecular flexibility index (Phi) is 7.42. The summed E-state index contributed by atoms with van der Waals surface area (Å²) in [6.45, 7) is 4.19. The van der Waals surface area contributed by atoms with Crippen molar-refractivity contribution in [2.45, 2.75) is 26.3 Å². The number of aliphatic imine (C=N–C) groups is 2. The average molecular weight is 502 g/mol. The number of halogens is 1. The van der Waals surface area contributed by atoms with Gasteiger partial charge in [0.2, 0.25) is 0 Å². The van der Waals surface area contributed by atoms with Crippen LogP contribution in [0.4, 0.5) is 5.69 Å². The van der Waals surface area contributed by atoms with E-state index in [2.05, 4.69) is 35.2 Å². The van der Waals surface area contributed by atoms with Crippen LogP contribution >= 0.6 is 15.9 Å². The number of benzene rings is 2. The molecule has 0 fully saturated rings. The summed E-state index contributed by atoms with van der Waals surface area (Å²) in [7, 11) is 4.24. The highest BCUT2D eigenvalue weighted by Crippen LogP contribution is 2.39.